The summed E-state index contributed by atoms with van der Waals surface area (Å²) >= 11 is 0. The smallest absolute Gasteiger partial charge is 0.302 e. The van der Waals surface area contributed by atoms with Crippen LogP contribution in [0.3, 0.4) is 0 Å². The maximum Gasteiger partial charge on any atom is 0.302 e. The van der Waals surface area contributed by atoms with E-state index in [4.69, 9.17) is 4.74 Å². The summed E-state index contributed by atoms with van der Waals surface area (Å²) in [5, 5.41) is 0. The summed E-state index contributed by atoms with van der Waals surface area (Å²) in [7, 11) is -3.64. The monoisotopic (exact) mass is 458 g/mol. The summed E-state index contributed by atoms with van der Waals surface area (Å²) in [6.07, 6.45) is 2.22. The highest BCUT2D eigenvalue weighted by Gasteiger charge is 2.29. The van der Waals surface area contributed by atoms with Gasteiger partial charge in [0.1, 0.15) is 5.82 Å². The molecule has 0 spiro atoms. The Morgan fingerprint density at radius 2 is 1.75 bits per heavy atom. The van der Waals surface area contributed by atoms with Crippen molar-refractivity contribution < 1.29 is 17.9 Å². The van der Waals surface area contributed by atoms with Crippen molar-refractivity contribution in [2.75, 3.05) is 44.1 Å². The van der Waals surface area contributed by atoms with Gasteiger partial charge in [0.2, 0.25) is 0 Å². The van der Waals surface area contributed by atoms with Crippen molar-refractivity contribution in [2.45, 2.75) is 32.1 Å². The van der Waals surface area contributed by atoms with Gasteiger partial charge in [0.15, 0.2) is 0 Å². The number of amides is 1. The number of hydrogen-bond acceptors (Lipinski definition) is 5. The molecule has 2 saturated heterocycles. The number of hydrogen-bond donors (Lipinski definition) is 1. The van der Waals surface area contributed by atoms with Crippen molar-refractivity contribution in [3.05, 3.63) is 59.3 Å². The lowest BCUT2D eigenvalue weighted by molar-refractivity contribution is 0.0303. The third-order valence-electron chi connectivity index (χ3n) is 6.12. The van der Waals surface area contributed by atoms with E-state index >= 15 is 0 Å². The summed E-state index contributed by atoms with van der Waals surface area (Å²) in [6.45, 7) is 5.29. The van der Waals surface area contributed by atoms with Crippen LogP contribution in [-0.4, -0.2) is 67.9 Å². The van der Waals surface area contributed by atoms with Crippen LogP contribution in [0.5, 0.6) is 0 Å². The first-order valence-corrected chi connectivity index (χ1v) is 12.6. The predicted octanol–water partition coefficient (Wildman–Crippen LogP) is 2.65. The van der Waals surface area contributed by atoms with Crippen LogP contribution in [-0.2, 0) is 21.4 Å². The Bertz CT molecular complexity index is 1030. The molecule has 172 valence electrons. The Morgan fingerprint density at radius 3 is 2.41 bits per heavy atom. The van der Waals surface area contributed by atoms with Gasteiger partial charge in [-0.05, 0) is 55.0 Å². The first-order valence-electron chi connectivity index (χ1n) is 11.2. The molecule has 1 N–H and O–H groups in total. The van der Waals surface area contributed by atoms with Gasteiger partial charge < -0.3 is 9.64 Å². The fourth-order valence-electron chi connectivity index (χ4n) is 4.21. The second-order valence-corrected chi connectivity index (χ2v) is 9.85. The number of aromatic nitrogens is 1. The molecular formula is C23H30N4O4S. The lowest BCUT2D eigenvalue weighted by Crippen LogP contribution is -2.41. The van der Waals surface area contributed by atoms with Gasteiger partial charge in [-0.15, -0.1) is 0 Å². The van der Waals surface area contributed by atoms with Crippen LogP contribution in [0.15, 0.2) is 42.5 Å². The van der Waals surface area contributed by atoms with E-state index in [0.29, 0.717) is 50.8 Å². The second-order valence-electron chi connectivity index (χ2n) is 8.17. The van der Waals surface area contributed by atoms with Crippen LogP contribution in [0.4, 0.5) is 5.82 Å². The highest BCUT2D eigenvalue weighted by Crippen LogP contribution is 2.29. The van der Waals surface area contributed by atoms with E-state index in [0.717, 1.165) is 30.5 Å². The molecule has 0 radical (unpaired) electrons. The highest BCUT2D eigenvalue weighted by molar-refractivity contribution is 7.90. The minimum absolute atomic E-state index is 0.0348. The summed E-state index contributed by atoms with van der Waals surface area (Å²) < 4.78 is 35.0. The Kier molecular flexibility index (Phi) is 7.07. The highest BCUT2D eigenvalue weighted by atomic mass is 32.2. The number of pyridine rings is 1. The second kappa shape index (κ2) is 9.97. The molecule has 0 atom stereocenters. The first kappa shape index (κ1) is 22.7. The van der Waals surface area contributed by atoms with E-state index in [9.17, 15) is 13.2 Å². The number of nitrogens with one attached hydrogen (secondary N) is 1. The Labute approximate surface area is 189 Å². The van der Waals surface area contributed by atoms with Crippen molar-refractivity contribution in [1.29, 1.82) is 0 Å². The van der Waals surface area contributed by atoms with E-state index in [1.54, 1.807) is 6.07 Å². The van der Waals surface area contributed by atoms with Gasteiger partial charge in [-0.2, -0.15) is 12.7 Å². The standard InChI is InChI=1S/C23H30N4O4S/c1-2-21-4-3-5-22(24-21)25-32(29,30)27-12-10-19(11-13-27)18-6-8-20(9-7-18)23(28)26-14-16-31-17-15-26/h3-9,19H,2,10-17H2,1H3,(H,24,25). The molecule has 2 aliphatic rings. The van der Waals surface area contributed by atoms with E-state index < -0.39 is 10.2 Å². The quantitative estimate of drug-likeness (QED) is 0.719. The number of aryl methyl sites for hydroxylation is 1. The van der Waals surface area contributed by atoms with Gasteiger partial charge in [-0.25, -0.2) is 4.98 Å². The molecule has 1 amide bonds. The molecule has 2 aliphatic heterocycles. The van der Waals surface area contributed by atoms with Crippen molar-refractivity contribution in [3.63, 3.8) is 0 Å². The molecule has 3 heterocycles. The van der Waals surface area contributed by atoms with E-state index in [-0.39, 0.29) is 11.8 Å². The number of morpholine rings is 1. The van der Waals surface area contributed by atoms with Crippen molar-refractivity contribution in [2.24, 2.45) is 0 Å². The molecule has 2 fully saturated rings. The molecule has 0 saturated carbocycles. The number of rotatable bonds is 6. The number of nitrogens with zero attached hydrogens (tertiary/aromatic N) is 3. The predicted molar refractivity (Wildman–Crippen MR) is 123 cm³/mol. The topological polar surface area (TPSA) is 91.8 Å². The fraction of sp³-hybridized carbons (Fsp3) is 0.478. The zero-order valence-corrected chi connectivity index (χ0v) is 19.2. The molecule has 1 aromatic carbocycles. The Morgan fingerprint density at radius 1 is 1.06 bits per heavy atom. The number of carbonyl (C=O) groups excluding carboxylic acids is 1. The summed E-state index contributed by atoms with van der Waals surface area (Å²) in [5.41, 5.74) is 2.67. The molecule has 4 rings (SSSR count). The van der Waals surface area contributed by atoms with Crippen LogP contribution < -0.4 is 4.72 Å². The molecule has 8 nitrogen and oxygen atoms in total. The third kappa shape index (κ3) is 5.28. The molecule has 1 aromatic heterocycles. The Balaban J connectivity index is 1.34. The molecule has 0 unspecified atom stereocenters. The Hall–Kier alpha value is -2.49. The first-order chi connectivity index (χ1) is 15.5. The van der Waals surface area contributed by atoms with E-state index in [1.807, 2.05) is 48.2 Å². The molecule has 2 aromatic rings. The number of benzene rings is 1. The van der Waals surface area contributed by atoms with Gasteiger partial charge in [-0.3, -0.25) is 9.52 Å². The van der Waals surface area contributed by atoms with Crippen molar-refractivity contribution in [3.8, 4) is 0 Å². The maximum absolute atomic E-state index is 12.8. The van der Waals surface area contributed by atoms with Gasteiger partial charge in [-0.1, -0.05) is 25.1 Å². The van der Waals surface area contributed by atoms with Crippen LogP contribution in [0.25, 0.3) is 0 Å². The van der Waals surface area contributed by atoms with Crippen LogP contribution in [0, 0.1) is 0 Å². The van der Waals surface area contributed by atoms with E-state index in [2.05, 4.69) is 9.71 Å². The number of piperidine rings is 1. The van der Waals surface area contributed by atoms with E-state index in [1.165, 1.54) is 4.31 Å². The largest absolute Gasteiger partial charge is 0.378 e. The lowest BCUT2D eigenvalue weighted by atomic mass is 9.90. The average molecular weight is 459 g/mol. The minimum Gasteiger partial charge on any atom is -0.378 e. The van der Waals surface area contributed by atoms with Gasteiger partial charge in [0, 0.05) is 37.4 Å². The number of carbonyl (C=O) groups is 1. The van der Waals surface area contributed by atoms with Gasteiger partial charge >= 0.3 is 10.2 Å². The fourth-order valence-corrected chi connectivity index (χ4v) is 5.41. The third-order valence-corrected chi connectivity index (χ3v) is 7.64. The summed E-state index contributed by atoms with van der Waals surface area (Å²) in [5.74, 6) is 0.662. The van der Waals surface area contributed by atoms with Crippen LogP contribution in [0.1, 0.15) is 47.3 Å². The summed E-state index contributed by atoms with van der Waals surface area (Å²) in [4.78, 5) is 18.8. The average Bonchev–Trinajstić information content (AvgIpc) is 2.84. The SMILES string of the molecule is CCc1cccc(NS(=O)(=O)N2CCC(c3ccc(C(=O)N4CCOCC4)cc3)CC2)n1. The van der Waals surface area contributed by atoms with Crippen molar-refractivity contribution >= 4 is 21.9 Å². The number of anilines is 1. The normalized spacial score (nSPS) is 18.5. The zero-order chi connectivity index (χ0) is 22.6. The van der Waals surface area contributed by atoms with Crippen LogP contribution >= 0.6 is 0 Å². The van der Waals surface area contributed by atoms with Crippen molar-refractivity contribution in [1.82, 2.24) is 14.2 Å². The zero-order valence-electron chi connectivity index (χ0n) is 18.4. The van der Waals surface area contributed by atoms with Gasteiger partial charge in [0.25, 0.3) is 5.91 Å². The minimum atomic E-state index is -3.64. The van der Waals surface area contributed by atoms with Gasteiger partial charge in [0.05, 0.1) is 13.2 Å². The molecule has 0 aliphatic carbocycles. The molecule has 32 heavy (non-hydrogen) atoms. The lowest BCUT2D eigenvalue weighted by Gasteiger charge is -2.31. The van der Waals surface area contributed by atoms with Crippen LogP contribution in [0.2, 0.25) is 0 Å². The molecule has 0 bridgehead atoms. The molecular weight excluding hydrogens is 428 g/mol. The molecule has 9 heteroatoms. The summed E-state index contributed by atoms with van der Waals surface area (Å²) in [6, 6.07) is 13.1. The number of ether oxygens (including phenoxy) is 1. The maximum atomic E-state index is 12.8.